The zero-order chi connectivity index (χ0) is 12.9. The SMILES string of the molecule is CCCOP(=S)(S)Oc1cnc(C(C)C)nc1. The minimum absolute atomic E-state index is 0.291. The normalized spacial score (nSPS) is 14.6. The van der Waals surface area contributed by atoms with Gasteiger partial charge in [0.05, 0.1) is 19.0 Å². The first kappa shape index (κ1) is 14.9. The molecule has 0 saturated carbocycles. The monoisotopic (exact) mass is 292 g/mol. The Labute approximate surface area is 112 Å². The van der Waals surface area contributed by atoms with Gasteiger partial charge in [0.1, 0.15) is 5.82 Å². The molecular formula is C10H17N2O2PS2. The van der Waals surface area contributed by atoms with Crippen molar-refractivity contribution in [2.75, 3.05) is 6.61 Å². The van der Waals surface area contributed by atoms with Crippen LogP contribution in [0.2, 0.25) is 0 Å². The van der Waals surface area contributed by atoms with E-state index in [9.17, 15) is 0 Å². The van der Waals surface area contributed by atoms with Gasteiger partial charge >= 0.3 is 0 Å². The Kier molecular flexibility index (Phi) is 5.86. The molecule has 0 N–H and O–H groups in total. The van der Waals surface area contributed by atoms with Crippen LogP contribution < -0.4 is 4.52 Å². The van der Waals surface area contributed by atoms with E-state index in [-0.39, 0.29) is 0 Å². The Bertz CT molecular complexity index is 398. The van der Waals surface area contributed by atoms with Crippen LogP contribution in [0.5, 0.6) is 5.75 Å². The second-order valence-electron chi connectivity index (χ2n) is 3.82. The van der Waals surface area contributed by atoms with Gasteiger partial charge in [-0.05, 0) is 18.2 Å². The van der Waals surface area contributed by atoms with Crippen molar-refractivity contribution < 1.29 is 9.05 Å². The standard InChI is InChI=1S/C10H17N2O2PS2/c1-4-5-13-15(16,17)14-9-6-11-10(8(2)3)12-7-9/h6-8H,4-5H2,1-3H3,(H,16,17). The maximum Gasteiger partial charge on any atom is 0.294 e. The third-order valence-corrected chi connectivity index (χ3v) is 3.93. The molecule has 4 nitrogen and oxygen atoms in total. The molecule has 96 valence electrons. The first-order valence-corrected chi connectivity index (χ1v) is 9.22. The molecule has 1 unspecified atom stereocenters. The van der Waals surface area contributed by atoms with Gasteiger partial charge < -0.3 is 9.05 Å². The van der Waals surface area contributed by atoms with Gasteiger partial charge in [-0.2, -0.15) is 0 Å². The van der Waals surface area contributed by atoms with Crippen LogP contribution in [0.3, 0.4) is 0 Å². The Morgan fingerprint density at radius 3 is 2.47 bits per heavy atom. The molecule has 17 heavy (non-hydrogen) atoms. The van der Waals surface area contributed by atoms with Crippen molar-refractivity contribution in [2.45, 2.75) is 33.1 Å². The molecule has 0 saturated heterocycles. The topological polar surface area (TPSA) is 44.2 Å². The lowest BCUT2D eigenvalue weighted by Gasteiger charge is -2.16. The number of thiol groups is 1. The summed E-state index contributed by atoms with van der Waals surface area (Å²) in [6, 6.07) is 0. The summed E-state index contributed by atoms with van der Waals surface area (Å²) in [7, 11) is 0. The van der Waals surface area contributed by atoms with Crippen LogP contribution in [-0.4, -0.2) is 16.6 Å². The number of nitrogens with zero attached hydrogens (tertiary/aromatic N) is 2. The van der Waals surface area contributed by atoms with Crippen molar-refractivity contribution in [3.8, 4) is 5.75 Å². The van der Waals surface area contributed by atoms with Gasteiger partial charge in [-0.25, -0.2) is 9.97 Å². The average molecular weight is 292 g/mol. The summed E-state index contributed by atoms with van der Waals surface area (Å²) in [5.41, 5.74) is -2.52. The molecule has 0 bridgehead atoms. The molecule has 0 aliphatic heterocycles. The van der Waals surface area contributed by atoms with Crippen LogP contribution in [0, 0.1) is 0 Å². The minimum Gasteiger partial charge on any atom is -0.433 e. The van der Waals surface area contributed by atoms with E-state index in [1.54, 1.807) is 12.4 Å². The fraction of sp³-hybridized carbons (Fsp3) is 0.600. The molecule has 0 aromatic carbocycles. The fourth-order valence-electron chi connectivity index (χ4n) is 1.04. The third-order valence-electron chi connectivity index (χ3n) is 1.84. The number of hydrogen-bond acceptors (Lipinski definition) is 5. The second kappa shape index (κ2) is 6.69. The Morgan fingerprint density at radius 2 is 2.00 bits per heavy atom. The molecule has 0 fully saturated rings. The smallest absolute Gasteiger partial charge is 0.294 e. The van der Waals surface area contributed by atoms with Crippen LogP contribution in [0.15, 0.2) is 12.4 Å². The number of rotatable bonds is 6. The Morgan fingerprint density at radius 1 is 1.41 bits per heavy atom. The maximum absolute atomic E-state index is 5.48. The first-order chi connectivity index (χ1) is 7.94. The van der Waals surface area contributed by atoms with E-state index < -0.39 is 5.69 Å². The van der Waals surface area contributed by atoms with Gasteiger partial charge in [-0.3, -0.25) is 0 Å². The second-order valence-corrected chi connectivity index (χ2v) is 9.04. The van der Waals surface area contributed by atoms with E-state index in [4.69, 9.17) is 20.9 Å². The molecule has 0 spiro atoms. The highest BCUT2D eigenvalue weighted by molar-refractivity contribution is 8.60. The van der Waals surface area contributed by atoms with Gasteiger partial charge in [0, 0.05) is 5.92 Å². The summed E-state index contributed by atoms with van der Waals surface area (Å²) in [4.78, 5) is 8.38. The zero-order valence-corrected chi connectivity index (χ0v) is 12.8. The molecular weight excluding hydrogens is 275 g/mol. The third kappa shape index (κ3) is 5.34. The van der Waals surface area contributed by atoms with Crippen molar-refractivity contribution in [1.82, 2.24) is 9.97 Å². The summed E-state index contributed by atoms with van der Waals surface area (Å²) in [6.07, 6.45) is 4.09. The molecule has 0 radical (unpaired) electrons. The molecule has 1 rings (SSSR count). The molecule has 1 heterocycles. The van der Waals surface area contributed by atoms with Crippen LogP contribution in [0.1, 0.15) is 38.9 Å². The van der Waals surface area contributed by atoms with E-state index in [1.165, 1.54) is 0 Å². The molecule has 0 aliphatic rings. The largest absolute Gasteiger partial charge is 0.433 e. The summed E-state index contributed by atoms with van der Waals surface area (Å²) < 4.78 is 10.9. The van der Waals surface area contributed by atoms with Crippen molar-refractivity contribution in [3.63, 3.8) is 0 Å². The van der Waals surface area contributed by atoms with Gasteiger partial charge in [0.15, 0.2) is 5.75 Å². The Hall–Kier alpha value is -0.160. The lowest BCUT2D eigenvalue weighted by atomic mass is 10.2. The van der Waals surface area contributed by atoms with Crippen LogP contribution in [-0.2, 0) is 16.3 Å². The highest BCUT2D eigenvalue weighted by Gasteiger charge is 2.15. The van der Waals surface area contributed by atoms with Crippen molar-refractivity contribution in [3.05, 3.63) is 18.2 Å². The van der Waals surface area contributed by atoms with E-state index in [1.807, 2.05) is 20.8 Å². The summed E-state index contributed by atoms with van der Waals surface area (Å²) in [5.74, 6) is 1.57. The Balaban J connectivity index is 2.65. The van der Waals surface area contributed by atoms with E-state index >= 15 is 0 Å². The lowest BCUT2D eigenvalue weighted by Crippen LogP contribution is -1.99. The van der Waals surface area contributed by atoms with E-state index in [0.29, 0.717) is 18.3 Å². The maximum atomic E-state index is 5.48. The predicted octanol–water partition coefficient (Wildman–Crippen LogP) is 3.56. The summed E-state index contributed by atoms with van der Waals surface area (Å²) >= 11 is 9.38. The van der Waals surface area contributed by atoms with E-state index in [2.05, 4.69) is 22.2 Å². The number of aromatic nitrogens is 2. The molecule has 1 atom stereocenters. The van der Waals surface area contributed by atoms with Crippen molar-refractivity contribution in [2.24, 2.45) is 0 Å². The summed E-state index contributed by atoms with van der Waals surface area (Å²) in [5, 5.41) is 0. The van der Waals surface area contributed by atoms with Crippen molar-refractivity contribution >= 4 is 29.7 Å². The zero-order valence-electron chi connectivity index (χ0n) is 10.2. The quantitative estimate of drug-likeness (QED) is 0.641. The van der Waals surface area contributed by atoms with Gasteiger partial charge in [-0.15, -0.1) is 0 Å². The molecule has 7 heteroatoms. The van der Waals surface area contributed by atoms with Gasteiger partial charge in [0.25, 0.3) is 5.69 Å². The highest BCUT2D eigenvalue weighted by atomic mass is 32.9. The fourth-order valence-corrected chi connectivity index (χ4v) is 2.87. The minimum atomic E-state index is -2.52. The highest BCUT2D eigenvalue weighted by Crippen LogP contribution is 2.52. The van der Waals surface area contributed by atoms with Crippen LogP contribution in [0.25, 0.3) is 0 Å². The number of hydrogen-bond donors (Lipinski definition) is 1. The molecule has 1 aromatic heterocycles. The predicted molar refractivity (Wildman–Crippen MR) is 76.3 cm³/mol. The van der Waals surface area contributed by atoms with Crippen molar-refractivity contribution in [1.29, 1.82) is 0 Å². The average Bonchev–Trinajstić information content (AvgIpc) is 2.26. The van der Waals surface area contributed by atoms with Gasteiger partial charge in [-0.1, -0.05) is 33.0 Å². The van der Waals surface area contributed by atoms with Gasteiger partial charge in [0.2, 0.25) is 0 Å². The molecule has 0 aliphatic carbocycles. The molecule has 1 aromatic rings. The summed E-state index contributed by atoms with van der Waals surface area (Å²) in [6.45, 7) is 6.61. The molecule has 0 amide bonds. The van der Waals surface area contributed by atoms with Crippen LogP contribution in [0.4, 0.5) is 0 Å². The first-order valence-electron chi connectivity index (χ1n) is 5.43. The lowest BCUT2D eigenvalue weighted by molar-refractivity contribution is 0.323. The van der Waals surface area contributed by atoms with E-state index in [0.717, 1.165) is 12.2 Å². The van der Waals surface area contributed by atoms with Crippen LogP contribution >= 0.6 is 17.9 Å².